The van der Waals surface area contributed by atoms with E-state index >= 15 is 0 Å². The molecular weight excluding hydrogens is 357 g/mol. The first kappa shape index (κ1) is 23.4. The summed E-state index contributed by atoms with van der Waals surface area (Å²) in [5.74, 6) is -3.65. The molecule has 0 saturated carbocycles. The van der Waals surface area contributed by atoms with Crippen molar-refractivity contribution < 1.29 is 49.6 Å². The van der Waals surface area contributed by atoms with Crippen LogP contribution in [0.1, 0.15) is 19.8 Å². The van der Waals surface area contributed by atoms with E-state index < -0.39 is 19.7 Å². The maximum atomic E-state index is 9.87. The minimum absolute atomic E-state index is 1.15. The van der Waals surface area contributed by atoms with Crippen LogP contribution < -0.4 is 4.57 Å². The quantitative estimate of drug-likeness (QED) is 0.366. The van der Waals surface area contributed by atoms with Crippen molar-refractivity contribution >= 4 is 19.7 Å². The second kappa shape index (κ2) is 7.62. The molecule has 23 heavy (non-hydrogen) atoms. The molecule has 0 aliphatic carbocycles. The predicted molar refractivity (Wildman–Crippen MR) is 69.4 cm³/mol. The standard InChI is InChI=1S/C8H15N2.C2H2O4.F6P/c1-3-4-5-10-7-6-9(2)8-10;3-1(4)2(5)6;1-7(2,3,4,5)6/h6-8H,3-5H2,1-2H3;(H,3,4)(H,5,6);/q+1;;-1. The first-order valence-electron chi connectivity index (χ1n) is 5.96. The third-order valence-electron chi connectivity index (χ3n) is 1.78. The van der Waals surface area contributed by atoms with E-state index in [0.717, 1.165) is 6.54 Å². The van der Waals surface area contributed by atoms with Crippen molar-refractivity contribution in [1.82, 2.24) is 4.57 Å². The van der Waals surface area contributed by atoms with Crippen molar-refractivity contribution in [3.05, 3.63) is 18.7 Å². The van der Waals surface area contributed by atoms with E-state index in [1.54, 1.807) is 0 Å². The number of carbonyl (C=O) groups is 2. The Morgan fingerprint density at radius 3 is 1.70 bits per heavy atom. The molecular formula is C10H17F6N2O4P. The van der Waals surface area contributed by atoms with Gasteiger partial charge in [0.1, 0.15) is 12.4 Å². The zero-order chi connectivity index (χ0) is 19.0. The normalized spacial score (nSPS) is 13.4. The molecule has 0 bridgehead atoms. The maximum absolute atomic E-state index is 10.7. The molecule has 6 nitrogen and oxygen atoms in total. The van der Waals surface area contributed by atoms with E-state index in [9.17, 15) is 25.2 Å². The first-order chi connectivity index (χ1) is 9.92. The minimum atomic E-state index is -10.7. The summed E-state index contributed by atoms with van der Waals surface area (Å²) in [6.45, 7) is 3.36. The Morgan fingerprint density at radius 1 is 1.09 bits per heavy atom. The smallest absolute Gasteiger partial charge is 0.414 e. The third kappa shape index (κ3) is 28.9. The number of nitrogens with zero attached hydrogens (tertiary/aromatic N) is 2. The fourth-order valence-electron chi connectivity index (χ4n) is 0.975. The van der Waals surface area contributed by atoms with Gasteiger partial charge in [-0.05, 0) is 6.42 Å². The Kier molecular flexibility index (Phi) is 7.76. The Bertz CT molecular complexity index is 505. The van der Waals surface area contributed by atoms with E-state index in [2.05, 4.69) is 34.8 Å². The largest absolute Gasteiger partial charge is 0.473 e. The fraction of sp³-hybridized carbons (Fsp3) is 0.500. The van der Waals surface area contributed by atoms with Gasteiger partial charge in [-0.2, -0.15) is 0 Å². The summed E-state index contributed by atoms with van der Waals surface area (Å²) in [6.07, 6.45) is 8.82. The molecule has 13 heteroatoms. The average molecular weight is 374 g/mol. The van der Waals surface area contributed by atoms with Gasteiger partial charge in [-0.1, -0.05) is 13.3 Å². The van der Waals surface area contributed by atoms with Gasteiger partial charge in [-0.3, -0.25) is 0 Å². The van der Waals surface area contributed by atoms with Crippen molar-refractivity contribution in [2.75, 3.05) is 0 Å². The van der Waals surface area contributed by atoms with E-state index in [-0.39, 0.29) is 0 Å². The molecule has 2 N–H and O–H groups in total. The summed E-state index contributed by atoms with van der Waals surface area (Å²) in [7, 11) is -8.61. The summed E-state index contributed by atoms with van der Waals surface area (Å²) >= 11 is 0. The molecule has 1 heterocycles. The topological polar surface area (TPSA) is 83.4 Å². The molecule has 138 valence electrons. The second-order valence-electron chi connectivity index (χ2n) is 4.24. The van der Waals surface area contributed by atoms with E-state index in [0.29, 0.717) is 0 Å². The van der Waals surface area contributed by atoms with Crippen molar-refractivity contribution in [2.45, 2.75) is 26.3 Å². The van der Waals surface area contributed by atoms with Gasteiger partial charge in [-0.15, -0.1) is 0 Å². The summed E-state index contributed by atoms with van der Waals surface area (Å²) in [6, 6.07) is 0. The number of carboxylic acids is 2. The second-order valence-corrected chi connectivity index (χ2v) is 6.16. The van der Waals surface area contributed by atoms with Gasteiger partial charge in [0.2, 0.25) is 6.33 Å². The van der Waals surface area contributed by atoms with Crippen LogP contribution >= 0.6 is 7.81 Å². The number of imidazole rings is 1. The van der Waals surface area contributed by atoms with Crippen LogP contribution in [0.3, 0.4) is 0 Å². The number of hydrogen-bond donors (Lipinski definition) is 2. The molecule has 0 aromatic carbocycles. The molecule has 0 atom stereocenters. The molecule has 0 saturated heterocycles. The maximum Gasteiger partial charge on any atom is 0.414 e. The molecule has 0 aliphatic heterocycles. The Hall–Kier alpha value is -1.84. The van der Waals surface area contributed by atoms with E-state index in [4.69, 9.17) is 19.8 Å². The molecule has 0 spiro atoms. The number of carboxylic acid groups (broad SMARTS) is 2. The number of rotatable bonds is 3. The average Bonchev–Trinajstić information content (AvgIpc) is 2.69. The molecule has 0 unspecified atom stereocenters. The van der Waals surface area contributed by atoms with Crippen molar-refractivity contribution in [3.63, 3.8) is 0 Å². The Morgan fingerprint density at radius 2 is 1.48 bits per heavy atom. The SMILES string of the molecule is CCCC[n+]1ccn(C)c1.F[P-](F)(F)(F)(F)F.O=C(O)C(=O)O. The molecule has 1 aromatic heterocycles. The van der Waals surface area contributed by atoms with Crippen LogP contribution in [-0.2, 0) is 23.2 Å². The monoisotopic (exact) mass is 374 g/mol. The van der Waals surface area contributed by atoms with Crippen LogP contribution in [0.25, 0.3) is 0 Å². The number of hydrogen-bond acceptors (Lipinski definition) is 2. The van der Waals surface area contributed by atoms with Crippen LogP contribution in [0.2, 0.25) is 0 Å². The van der Waals surface area contributed by atoms with Gasteiger partial charge in [0.05, 0.1) is 13.6 Å². The summed E-state index contributed by atoms with van der Waals surface area (Å²) < 4.78 is 63.5. The minimum Gasteiger partial charge on any atom is -0.473 e. The summed E-state index contributed by atoms with van der Waals surface area (Å²) in [5.41, 5.74) is 0. The molecule has 0 amide bonds. The van der Waals surface area contributed by atoms with Gasteiger partial charge in [-0.25, -0.2) is 18.7 Å². The molecule has 0 aliphatic rings. The molecule has 1 aromatic rings. The van der Waals surface area contributed by atoms with Crippen molar-refractivity contribution in [3.8, 4) is 0 Å². The van der Waals surface area contributed by atoms with Gasteiger partial charge in [0.15, 0.2) is 0 Å². The first-order valence-corrected chi connectivity index (χ1v) is 7.98. The van der Waals surface area contributed by atoms with Crippen molar-refractivity contribution in [2.24, 2.45) is 7.05 Å². The van der Waals surface area contributed by atoms with E-state index in [1.165, 1.54) is 12.8 Å². The fourth-order valence-corrected chi connectivity index (χ4v) is 0.975. The number of aryl methyl sites for hydroxylation is 2. The molecule has 0 fully saturated rings. The van der Waals surface area contributed by atoms with Crippen LogP contribution in [0.4, 0.5) is 25.2 Å². The zero-order valence-electron chi connectivity index (χ0n) is 12.2. The van der Waals surface area contributed by atoms with Crippen LogP contribution in [0.15, 0.2) is 18.7 Å². The Labute approximate surface area is 127 Å². The predicted octanol–water partition coefficient (Wildman–Crippen LogP) is 3.65. The number of aliphatic carboxylic acids is 2. The van der Waals surface area contributed by atoms with Crippen LogP contribution in [0, 0.1) is 0 Å². The summed E-state index contributed by atoms with van der Waals surface area (Å²) in [4.78, 5) is 18.2. The Balaban J connectivity index is 0. The van der Waals surface area contributed by atoms with Gasteiger partial charge < -0.3 is 10.2 Å². The number of halogens is 6. The van der Waals surface area contributed by atoms with Crippen molar-refractivity contribution in [1.29, 1.82) is 0 Å². The third-order valence-corrected chi connectivity index (χ3v) is 1.78. The molecule has 0 radical (unpaired) electrons. The molecule has 1 rings (SSSR count). The number of aromatic nitrogens is 2. The summed E-state index contributed by atoms with van der Waals surface area (Å²) in [5, 5.41) is 14.8. The van der Waals surface area contributed by atoms with Crippen LogP contribution in [-0.4, -0.2) is 26.7 Å². The van der Waals surface area contributed by atoms with Gasteiger partial charge in [0.25, 0.3) is 0 Å². The zero-order valence-corrected chi connectivity index (χ0v) is 13.1. The van der Waals surface area contributed by atoms with E-state index in [1.807, 2.05) is 7.05 Å². The van der Waals surface area contributed by atoms with Crippen LogP contribution in [0.5, 0.6) is 0 Å². The number of unbranched alkanes of at least 4 members (excludes halogenated alkanes) is 1. The van der Waals surface area contributed by atoms with Gasteiger partial charge in [0, 0.05) is 0 Å². The van der Waals surface area contributed by atoms with Gasteiger partial charge >= 0.3 is 44.9 Å².